The number of hydrogen-bond acceptors (Lipinski definition) is 3. The van der Waals surface area contributed by atoms with E-state index in [1.54, 1.807) is 24.3 Å². The summed E-state index contributed by atoms with van der Waals surface area (Å²) in [6.45, 7) is -1.39. The molecule has 1 aromatic carbocycles. The maximum absolute atomic E-state index is 12.3. The quantitative estimate of drug-likeness (QED) is 0.806. The molecule has 0 aliphatic rings. The molecule has 8 heteroatoms. The van der Waals surface area contributed by atoms with Crippen molar-refractivity contribution in [3.05, 3.63) is 62.9 Å². The molecule has 22 heavy (non-hydrogen) atoms. The number of ether oxygens (including phenoxy) is 1. The van der Waals surface area contributed by atoms with Crippen LogP contribution >= 0.6 is 0 Å². The van der Waals surface area contributed by atoms with Crippen LogP contribution in [0.15, 0.2) is 46.2 Å². The van der Waals surface area contributed by atoms with Crippen LogP contribution in [0.1, 0.15) is 5.56 Å². The fraction of sp³-hybridized carbons (Fsp3) is 0.286. The maximum atomic E-state index is 12.3. The highest BCUT2D eigenvalue weighted by Gasteiger charge is 2.28. The lowest BCUT2D eigenvalue weighted by Gasteiger charge is -2.11. The van der Waals surface area contributed by atoms with Crippen LogP contribution < -0.4 is 15.9 Å². The van der Waals surface area contributed by atoms with Gasteiger partial charge in [0.2, 0.25) is 0 Å². The number of benzene rings is 1. The molecule has 0 fully saturated rings. The predicted molar refractivity (Wildman–Crippen MR) is 73.1 cm³/mol. The Labute approximate surface area is 123 Å². The fourth-order valence-electron chi connectivity index (χ4n) is 1.91. The second-order valence-corrected chi connectivity index (χ2v) is 4.63. The van der Waals surface area contributed by atoms with Gasteiger partial charge in [0.1, 0.15) is 12.3 Å². The van der Waals surface area contributed by atoms with E-state index in [9.17, 15) is 22.8 Å². The smallest absolute Gasteiger partial charge is 0.406 e. The van der Waals surface area contributed by atoms with Crippen LogP contribution in [0, 0.1) is 0 Å². The largest absolute Gasteiger partial charge is 0.497 e. The van der Waals surface area contributed by atoms with Crippen molar-refractivity contribution < 1.29 is 17.9 Å². The Morgan fingerprint density at radius 2 is 1.55 bits per heavy atom. The third kappa shape index (κ3) is 3.78. The first-order valence-corrected chi connectivity index (χ1v) is 6.30. The first-order chi connectivity index (χ1) is 10.3. The van der Waals surface area contributed by atoms with Crippen LogP contribution in [-0.4, -0.2) is 22.4 Å². The third-order valence-electron chi connectivity index (χ3n) is 2.99. The van der Waals surface area contributed by atoms with Gasteiger partial charge in [-0.25, -0.2) is 0 Å². The van der Waals surface area contributed by atoms with Crippen molar-refractivity contribution in [1.82, 2.24) is 9.13 Å². The van der Waals surface area contributed by atoms with E-state index >= 15 is 0 Å². The van der Waals surface area contributed by atoms with Crippen molar-refractivity contribution in [3.63, 3.8) is 0 Å². The maximum Gasteiger partial charge on any atom is 0.406 e. The van der Waals surface area contributed by atoms with Gasteiger partial charge in [0.25, 0.3) is 0 Å². The van der Waals surface area contributed by atoms with Crippen LogP contribution in [0.4, 0.5) is 13.2 Å². The van der Waals surface area contributed by atoms with Crippen LogP contribution in [0.3, 0.4) is 0 Å². The number of methoxy groups -OCH3 is 1. The summed E-state index contributed by atoms with van der Waals surface area (Å²) >= 11 is 0. The Morgan fingerprint density at radius 3 is 2.09 bits per heavy atom. The van der Waals surface area contributed by atoms with Crippen LogP contribution in [0.2, 0.25) is 0 Å². The van der Waals surface area contributed by atoms with Gasteiger partial charge in [-0.05, 0) is 17.7 Å². The van der Waals surface area contributed by atoms with Gasteiger partial charge >= 0.3 is 17.3 Å². The van der Waals surface area contributed by atoms with Gasteiger partial charge in [-0.2, -0.15) is 13.2 Å². The van der Waals surface area contributed by atoms with Crippen molar-refractivity contribution in [2.45, 2.75) is 19.3 Å². The lowest BCUT2D eigenvalue weighted by molar-refractivity contribution is -0.141. The lowest BCUT2D eigenvalue weighted by Crippen LogP contribution is -2.42. The van der Waals surface area contributed by atoms with E-state index in [2.05, 4.69) is 0 Å². The molecule has 5 nitrogen and oxygen atoms in total. The molecule has 0 radical (unpaired) electrons. The van der Waals surface area contributed by atoms with Crippen LogP contribution in [0.5, 0.6) is 5.75 Å². The van der Waals surface area contributed by atoms with E-state index in [0.717, 1.165) is 16.3 Å². The molecule has 0 atom stereocenters. The highest BCUT2D eigenvalue weighted by Crippen LogP contribution is 2.16. The lowest BCUT2D eigenvalue weighted by atomic mass is 10.2. The Balaban J connectivity index is 2.27. The van der Waals surface area contributed by atoms with Crippen LogP contribution in [0.25, 0.3) is 0 Å². The van der Waals surface area contributed by atoms with Gasteiger partial charge in [-0.1, -0.05) is 12.1 Å². The minimum absolute atomic E-state index is 0.0882. The second kappa shape index (κ2) is 6.08. The summed E-state index contributed by atoms with van der Waals surface area (Å²) < 4.78 is 43.3. The average molecular weight is 314 g/mol. The summed E-state index contributed by atoms with van der Waals surface area (Å²) in [7, 11) is 1.51. The van der Waals surface area contributed by atoms with E-state index in [1.807, 2.05) is 0 Å². The van der Waals surface area contributed by atoms with Gasteiger partial charge < -0.3 is 13.9 Å². The van der Waals surface area contributed by atoms with Gasteiger partial charge in [0.05, 0.1) is 13.7 Å². The molecule has 0 unspecified atom stereocenters. The second-order valence-electron chi connectivity index (χ2n) is 4.63. The molecule has 1 heterocycles. The van der Waals surface area contributed by atoms with Crippen molar-refractivity contribution in [1.29, 1.82) is 0 Å². The van der Waals surface area contributed by atoms with E-state index < -0.39 is 23.8 Å². The molecule has 0 aliphatic heterocycles. The van der Waals surface area contributed by atoms with E-state index in [1.165, 1.54) is 13.3 Å². The summed E-state index contributed by atoms with van der Waals surface area (Å²) in [5, 5.41) is 0. The number of alkyl halides is 3. The molecule has 0 saturated carbocycles. The van der Waals surface area contributed by atoms with Crippen LogP contribution in [-0.2, 0) is 13.1 Å². The molecule has 0 amide bonds. The summed E-state index contributed by atoms with van der Waals surface area (Å²) in [5.74, 6) is 0.636. The highest BCUT2D eigenvalue weighted by atomic mass is 19.4. The molecule has 118 valence electrons. The number of nitrogens with zero attached hydrogens (tertiary/aromatic N) is 2. The van der Waals surface area contributed by atoms with Crippen molar-refractivity contribution in [3.8, 4) is 5.75 Å². The van der Waals surface area contributed by atoms with E-state index in [4.69, 9.17) is 4.74 Å². The summed E-state index contributed by atoms with van der Waals surface area (Å²) in [6.07, 6.45) is -2.43. The van der Waals surface area contributed by atoms with Crippen molar-refractivity contribution >= 4 is 0 Å². The SMILES string of the molecule is COc1ccc(Cn2ccn(CC(F)(F)F)c(=O)c2=O)cc1. The minimum atomic E-state index is -4.56. The predicted octanol–water partition coefficient (Wildman–Crippen LogP) is 1.63. The minimum Gasteiger partial charge on any atom is -0.497 e. The number of aromatic nitrogens is 2. The highest BCUT2D eigenvalue weighted by molar-refractivity contribution is 5.27. The molecule has 1 aromatic heterocycles. The summed E-state index contributed by atoms with van der Waals surface area (Å²) in [5.41, 5.74) is -1.48. The molecule has 0 saturated heterocycles. The monoisotopic (exact) mass is 314 g/mol. The number of rotatable bonds is 4. The fourth-order valence-corrected chi connectivity index (χ4v) is 1.91. The molecular formula is C14H13F3N2O3. The molecule has 0 N–H and O–H groups in total. The number of halogens is 3. The molecule has 0 spiro atoms. The zero-order valence-electron chi connectivity index (χ0n) is 11.6. The van der Waals surface area contributed by atoms with E-state index in [-0.39, 0.29) is 6.54 Å². The van der Waals surface area contributed by atoms with Gasteiger partial charge in [-0.3, -0.25) is 9.59 Å². The number of hydrogen-bond donors (Lipinski definition) is 0. The summed E-state index contributed by atoms with van der Waals surface area (Å²) in [4.78, 5) is 23.5. The third-order valence-corrected chi connectivity index (χ3v) is 2.99. The molecule has 2 aromatic rings. The molecule has 0 aliphatic carbocycles. The van der Waals surface area contributed by atoms with Gasteiger partial charge in [0, 0.05) is 12.4 Å². The van der Waals surface area contributed by atoms with Gasteiger partial charge in [0.15, 0.2) is 0 Å². The van der Waals surface area contributed by atoms with Crippen molar-refractivity contribution in [2.24, 2.45) is 0 Å². The van der Waals surface area contributed by atoms with Crippen molar-refractivity contribution in [2.75, 3.05) is 7.11 Å². The van der Waals surface area contributed by atoms with Gasteiger partial charge in [-0.15, -0.1) is 0 Å². The molecule has 2 rings (SSSR count). The molecular weight excluding hydrogens is 301 g/mol. The topological polar surface area (TPSA) is 53.2 Å². The Bertz CT molecular complexity index is 761. The Morgan fingerprint density at radius 1 is 1.00 bits per heavy atom. The first-order valence-electron chi connectivity index (χ1n) is 6.30. The standard InChI is InChI=1S/C14H13F3N2O3/c1-22-11-4-2-10(3-5-11)8-18-6-7-19(9-14(15,16)17)13(21)12(18)20/h2-7H,8-9H2,1H3. The zero-order chi connectivity index (χ0) is 16.3. The Kier molecular flexibility index (Phi) is 4.39. The zero-order valence-corrected chi connectivity index (χ0v) is 11.6. The molecule has 0 bridgehead atoms. The summed E-state index contributed by atoms with van der Waals surface area (Å²) in [6, 6.07) is 6.77. The average Bonchev–Trinajstić information content (AvgIpc) is 2.46. The van der Waals surface area contributed by atoms with E-state index in [0.29, 0.717) is 10.3 Å². The first kappa shape index (κ1) is 15.9. The normalized spacial score (nSPS) is 11.5. The Hall–Kier alpha value is -2.51.